The summed E-state index contributed by atoms with van der Waals surface area (Å²) in [6.45, 7) is 3.67. The summed E-state index contributed by atoms with van der Waals surface area (Å²) in [7, 11) is 0. The van der Waals surface area contributed by atoms with Crippen molar-refractivity contribution in [3.8, 4) is 5.75 Å². The Bertz CT molecular complexity index is 235. The van der Waals surface area contributed by atoms with Crippen LogP contribution in [0.4, 0.5) is 4.39 Å². The molecule has 1 aromatic rings. The number of hydrogen-bond donors (Lipinski definition) is 0. The molecule has 0 heterocycles. The molecule has 1 rings (SSSR count). The Labute approximate surface area is 72.2 Å². The van der Waals surface area contributed by atoms with Gasteiger partial charge in [-0.25, -0.2) is 4.39 Å². The van der Waals surface area contributed by atoms with Crippen LogP contribution in [-0.2, 0) is 0 Å². The molecule has 0 fully saturated rings. The van der Waals surface area contributed by atoms with Crippen molar-refractivity contribution >= 4 is 0 Å². The van der Waals surface area contributed by atoms with E-state index >= 15 is 0 Å². The van der Waals surface area contributed by atoms with Gasteiger partial charge >= 0.3 is 0 Å². The molecule has 0 N–H and O–H groups in total. The van der Waals surface area contributed by atoms with Gasteiger partial charge in [-0.1, -0.05) is 25.5 Å². The SMILES string of the molecule is CCC[CH]Oc1ccccc1F. The molecule has 2 heteroatoms. The average molecular weight is 167 g/mol. The van der Waals surface area contributed by atoms with Gasteiger partial charge in [-0.05, 0) is 18.6 Å². The van der Waals surface area contributed by atoms with Gasteiger partial charge in [0, 0.05) is 0 Å². The number of unbranched alkanes of at least 4 members (excludes halogenated alkanes) is 1. The third-order valence-corrected chi connectivity index (χ3v) is 1.45. The van der Waals surface area contributed by atoms with E-state index in [0.29, 0.717) is 5.75 Å². The highest BCUT2D eigenvalue weighted by Gasteiger charge is 1.99. The standard InChI is InChI=1S/C10H12FO/c1-2-3-8-12-10-7-5-4-6-9(10)11/h4-8H,2-3H2,1H3. The molecule has 1 nitrogen and oxygen atoms in total. The molecule has 0 saturated heterocycles. The Kier molecular flexibility index (Phi) is 3.58. The molecule has 1 aromatic carbocycles. The minimum atomic E-state index is -0.315. The van der Waals surface area contributed by atoms with Crippen LogP contribution in [0.3, 0.4) is 0 Å². The lowest BCUT2D eigenvalue weighted by molar-refractivity contribution is 0.366. The van der Waals surface area contributed by atoms with E-state index in [9.17, 15) is 4.39 Å². The van der Waals surface area contributed by atoms with Gasteiger partial charge in [0.2, 0.25) is 0 Å². The van der Waals surface area contributed by atoms with Crippen LogP contribution in [0.25, 0.3) is 0 Å². The van der Waals surface area contributed by atoms with Crippen LogP contribution in [0, 0.1) is 12.4 Å². The summed E-state index contributed by atoms with van der Waals surface area (Å²) in [4.78, 5) is 0. The molecule has 1 radical (unpaired) electrons. The molecule has 0 unspecified atom stereocenters. The van der Waals surface area contributed by atoms with E-state index in [-0.39, 0.29) is 5.82 Å². The Morgan fingerprint density at radius 1 is 1.42 bits per heavy atom. The zero-order valence-electron chi connectivity index (χ0n) is 7.09. The average Bonchev–Trinajstić information content (AvgIpc) is 2.09. The van der Waals surface area contributed by atoms with Crippen molar-refractivity contribution in [3.05, 3.63) is 36.7 Å². The Morgan fingerprint density at radius 3 is 2.83 bits per heavy atom. The Morgan fingerprint density at radius 2 is 2.17 bits per heavy atom. The highest BCUT2D eigenvalue weighted by atomic mass is 19.1. The van der Waals surface area contributed by atoms with Crippen LogP contribution in [0.5, 0.6) is 5.75 Å². The smallest absolute Gasteiger partial charge is 0.165 e. The van der Waals surface area contributed by atoms with Gasteiger partial charge < -0.3 is 4.74 Å². The van der Waals surface area contributed by atoms with Crippen molar-refractivity contribution in [1.82, 2.24) is 0 Å². The van der Waals surface area contributed by atoms with E-state index in [1.54, 1.807) is 24.8 Å². The number of halogens is 1. The monoisotopic (exact) mass is 167 g/mol. The molecule has 0 aromatic heterocycles. The number of benzene rings is 1. The molecule has 0 amide bonds. The van der Waals surface area contributed by atoms with Crippen LogP contribution < -0.4 is 4.74 Å². The fourth-order valence-electron chi connectivity index (χ4n) is 0.807. The summed E-state index contributed by atoms with van der Waals surface area (Å²) in [5, 5.41) is 0. The normalized spacial score (nSPS) is 9.83. The highest BCUT2D eigenvalue weighted by Crippen LogP contribution is 2.16. The minimum absolute atomic E-state index is 0.297. The molecule has 0 bridgehead atoms. The molecular formula is C10H12FO. The van der Waals surface area contributed by atoms with Gasteiger partial charge in [0.15, 0.2) is 11.6 Å². The first-order valence-corrected chi connectivity index (χ1v) is 4.07. The largest absolute Gasteiger partial charge is 0.483 e. The summed E-state index contributed by atoms with van der Waals surface area (Å²) in [6.07, 6.45) is 1.85. The Hall–Kier alpha value is -1.05. The van der Waals surface area contributed by atoms with Crippen LogP contribution in [-0.4, -0.2) is 0 Å². The van der Waals surface area contributed by atoms with E-state index < -0.39 is 0 Å². The predicted octanol–water partition coefficient (Wildman–Crippen LogP) is 3.17. The first-order valence-electron chi connectivity index (χ1n) is 4.07. The maximum Gasteiger partial charge on any atom is 0.165 e. The van der Waals surface area contributed by atoms with Gasteiger partial charge in [0.25, 0.3) is 0 Å². The van der Waals surface area contributed by atoms with Crippen molar-refractivity contribution in [2.24, 2.45) is 0 Å². The highest BCUT2D eigenvalue weighted by molar-refractivity contribution is 5.23. The number of ether oxygens (including phenoxy) is 1. The van der Waals surface area contributed by atoms with Crippen LogP contribution in [0.2, 0.25) is 0 Å². The van der Waals surface area contributed by atoms with E-state index in [0.717, 1.165) is 12.8 Å². The van der Waals surface area contributed by atoms with E-state index in [2.05, 4.69) is 0 Å². The number of hydrogen-bond acceptors (Lipinski definition) is 1. The summed E-state index contributed by atoms with van der Waals surface area (Å²) >= 11 is 0. The summed E-state index contributed by atoms with van der Waals surface area (Å²) in [5.74, 6) is -0.0178. The zero-order chi connectivity index (χ0) is 8.81. The minimum Gasteiger partial charge on any atom is -0.483 e. The molecule has 12 heavy (non-hydrogen) atoms. The predicted molar refractivity (Wildman–Crippen MR) is 46.2 cm³/mol. The molecule has 0 atom stereocenters. The van der Waals surface area contributed by atoms with Gasteiger partial charge in [-0.15, -0.1) is 0 Å². The van der Waals surface area contributed by atoms with E-state index in [4.69, 9.17) is 4.74 Å². The lowest BCUT2D eigenvalue weighted by Gasteiger charge is -2.03. The second-order valence-electron chi connectivity index (χ2n) is 2.50. The molecule has 0 aliphatic rings. The van der Waals surface area contributed by atoms with Gasteiger partial charge in [0.05, 0.1) is 0 Å². The van der Waals surface area contributed by atoms with Crippen molar-refractivity contribution in [3.63, 3.8) is 0 Å². The van der Waals surface area contributed by atoms with E-state index in [1.165, 1.54) is 6.07 Å². The summed E-state index contributed by atoms with van der Waals surface area (Å²) < 4.78 is 17.9. The first-order chi connectivity index (χ1) is 5.84. The summed E-state index contributed by atoms with van der Waals surface area (Å²) in [6, 6.07) is 6.39. The molecule has 0 saturated carbocycles. The third-order valence-electron chi connectivity index (χ3n) is 1.45. The van der Waals surface area contributed by atoms with Crippen LogP contribution >= 0.6 is 0 Å². The molecule has 65 valence electrons. The van der Waals surface area contributed by atoms with Gasteiger partial charge in [0.1, 0.15) is 6.61 Å². The maximum absolute atomic E-state index is 12.9. The second-order valence-corrected chi connectivity index (χ2v) is 2.50. The van der Waals surface area contributed by atoms with Crippen molar-refractivity contribution < 1.29 is 9.13 Å². The van der Waals surface area contributed by atoms with Gasteiger partial charge in [-0.3, -0.25) is 0 Å². The maximum atomic E-state index is 12.9. The number of para-hydroxylation sites is 1. The van der Waals surface area contributed by atoms with Crippen molar-refractivity contribution in [2.75, 3.05) is 0 Å². The third kappa shape index (κ3) is 2.53. The lowest BCUT2D eigenvalue weighted by Crippen LogP contribution is -1.91. The Balaban J connectivity index is 2.46. The quantitative estimate of drug-likeness (QED) is 0.626. The van der Waals surface area contributed by atoms with Crippen molar-refractivity contribution in [1.29, 1.82) is 0 Å². The number of rotatable bonds is 4. The first kappa shape index (κ1) is 9.04. The van der Waals surface area contributed by atoms with Crippen LogP contribution in [0.1, 0.15) is 19.8 Å². The van der Waals surface area contributed by atoms with E-state index in [1.807, 2.05) is 6.92 Å². The topological polar surface area (TPSA) is 9.23 Å². The molecule has 0 aliphatic heterocycles. The van der Waals surface area contributed by atoms with Crippen LogP contribution in [0.15, 0.2) is 24.3 Å². The zero-order valence-corrected chi connectivity index (χ0v) is 7.09. The van der Waals surface area contributed by atoms with Crippen molar-refractivity contribution in [2.45, 2.75) is 19.8 Å². The molecular weight excluding hydrogens is 155 g/mol. The van der Waals surface area contributed by atoms with Gasteiger partial charge in [-0.2, -0.15) is 0 Å². The summed E-state index contributed by atoms with van der Waals surface area (Å²) in [5.41, 5.74) is 0. The fourth-order valence-corrected chi connectivity index (χ4v) is 0.807. The second kappa shape index (κ2) is 4.75. The lowest BCUT2D eigenvalue weighted by atomic mass is 10.3. The fraction of sp³-hybridized carbons (Fsp3) is 0.300. The molecule has 0 aliphatic carbocycles. The molecule has 0 spiro atoms.